The molecule has 0 aliphatic heterocycles. The number of pyridine rings is 1. The third kappa shape index (κ3) is 7.02. The van der Waals surface area contributed by atoms with Crippen LogP contribution in [0.3, 0.4) is 0 Å². The molecule has 0 saturated carbocycles. The highest BCUT2D eigenvalue weighted by molar-refractivity contribution is 7.91. The van der Waals surface area contributed by atoms with Crippen molar-refractivity contribution in [2.75, 3.05) is 13.2 Å². The molecule has 1 aromatic heterocycles. The Labute approximate surface area is 208 Å². The Morgan fingerprint density at radius 2 is 1.77 bits per heavy atom. The SMILES string of the molecule is CCCOc1ccccc1/C=C/C(=O)NCC(c1cccnc1)S(=O)(=O)c1ccc(C(C)C)cc1. The summed E-state index contributed by atoms with van der Waals surface area (Å²) in [6.45, 7) is 6.63. The van der Waals surface area contributed by atoms with E-state index >= 15 is 0 Å². The lowest BCUT2D eigenvalue weighted by Crippen LogP contribution is -2.31. The van der Waals surface area contributed by atoms with Crippen LogP contribution >= 0.6 is 0 Å². The number of carbonyl (C=O) groups is 1. The van der Waals surface area contributed by atoms with E-state index in [0.717, 1.165) is 17.5 Å². The van der Waals surface area contributed by atoms with Gasteiger partial charge in [0.25, 0.3) is 0 Å². The van der Waals surface area contributed by atoms with E-state index in [9.17, 15) is 13.2 Å². The molecule has 0 fully saturated rings. The molecule has 35 heavy (non-hydrogen) atoms. The molecule has 2 aromatic carbocycles. The highest BCUT2D eigenvalue weighted by atomic mass is 32.2. The van der Waals surface area contributed by atoms with E-state index in [1.807, 2.05) is 43.3 Å². The molecular weight excluding hydrogens is 460 g/mol. The van der Waals surface area contributed by atoms with Crippen molar-refractivity contribution < 1.29 is 17.9 Å². The Balaban J connectivity index is 1.79. The Morgan fingerprint density at radius 1 is 1.03 bits per heavy atom. The topological polar surface area (TPSA) is 85.4 Å². The van der Waals surface area contributed by atoms with Crippen LogP contribution in [-0.2, 0) is 14.6 Å². The zero-order chi connectivity index (χ0) is 25.3. The number of ether oxygens (including phenoxy) is 1. The number of aromatic nitrogens is 1. The predicted molar refractivity (Wildman–Crippen MR) is 139 cm³/mol. The maximum Gasteiger partial charge on any atom is 0.244 e. The number of nitrogens with zero attached hydrogens (tertiary/aromatic N) is 1. The Bertz CT molecular complexity index is 1240. The Kier molecular flexibility index (Phi) is 9.20. The van der Waals surface area contributed by atoms with E-state index in [0.29, 0.717) is 23.8 Å². The summed E-state index contributed by atoms with van der Waals surface area (Å²) in [6.07, 6.45) is 7.04. The van der Waals surface area contributed by atoms with Crippen molar-refractivity contribution in [1.82, 2.24) is 10.3 Å². The summed E-state index contributed by atoms with van der Waals surface area (Å²) in [5, 5.41) is 1.77. The van der Waals surface area contributed by atoms with Crippen LogP contribution in [0, 0.1) is 0 Å². The van der Waals surface area contributed by atoms with Gasteiger partial charge in [-0.05, 0) is 53.8 Å². The molecule has 0 spiro atoms. The maximum absolute atomic E-state index is 13.5. The number of hydrogen-bond acceptors (Lipinski definition) is 5. The quantitative estimate of drug-likeness (QED) is 0.365. The Hall–Kier alpha value is -3.45. The summed E-state index contributed by atoms with van der Waals surface area (Å²) in [7, 11) is -3.78. The van der Waals surface area contributed by atoms with Gasteiger partial charge in [-0.15, -0.1) is 0 Å². The molecule has 1 amide bonds. The zero-order valence-corrected chi connectivity index (χ0v) is 21.2. The second kappa shape index (κ2) is 12.3. The molecular formula is C28H32N2O4S. The first-order valence-corrected chi connectivity index (χ1v) is 13.3. The van der Waals surface area contributed by atoms with Crippen LogP contribution < -0.4 is 10.1 Å². The zero-order valence-electron chi connectivity index (χ0n) is 20.3. The fourth-order valence-electron chi connectivity index (χ4n) is 3.56. The smallest absolute Gasteiger partial charge is 0.244 e. The molecule has 1 atom stereocenters. The van der Waals surface area contributed by atoms with Crippen molar-refractivity contribution in [3.63, 3.8) is 0 Å². The van der Waals surface area contributed by atoms with Gasteiger partial charge >= 0.3 is 0 Å². The fraction of sp³-hybridized carbons (Fsp3) is 0.286. The average molecular weight is 493 g/mol. The first-order valence-electron chi connectivity index (χ1n) is 11.7. The van der Waals surface area contributed by atoms with Gasteiger partial charge in [0.15, 0.2) is 9.84 Å². The van der Waals surface area contributed by atoms with Gasteiger partial charge in [0.05, 0.1) is 11.5 Å². The molecule has 0 aliphatic carbocycles. The van der Waals surface area contributed by atoms with Crippen molar-refractivity contribution in [1.29, 1.82) is 0 Å². The molecule has 3 rings (SSSR count). The summed E-state index contributed by atoms with van der Waals surface area (Å²) >= 11 is 0. The standard InChI is InChI=1S/C28H32N2O4S/c1-4-18-34-26-10-6-5-8-23(26)13-16-28(31)30-20-27(24-9-7-17-29-19-24)35(32,33)25-14-11-22(12-15-25)21(2)3/h5-17,19,21,27H,4,18,20H2,1-3H3,(H,30,31)/b16-13+. The molecule has 1 N–H and O–H groups in total. The Morgan fingerprint density at radius 3 is 2.43 bits per heavy atom. The van der Waals surface area contributed by atoms with Crippen LogP contribution in [0.5, 0.6) is 5.75 Å². The predicted octanol–water partition coefficient (Wildman–Crippen LogP) is 5.34. The van der Waals surface area contributed by atoms with Crippen molar-refractivity contribution in [2.45, 2.75) is 43.3 Å². The van der Waals surface area contributed by atoms with Gasteiger partial charge in [-0.25, -0.2) is 8.42 Å². The minimum atomic E-state index is -3.78. The van der Waals surface area contributed by atoms with Crippen LogP contribution in [0.15, 0.2) is 84.0 Å². The highest BCUT2D eigenvalue weighted by Gasteiger charge is 2.29. The van der Waals surface area contributed by atoms with Crippen LogP contribution in [0.1, 0.15) is 55.1 Å². The highest BCUT2D eigenvalue weighted by Crippen LogP contribution is 2.29. The monoisotopic (exact) mass is 492 g/mol. The first kappa shape index (κ1) is 26.2. The molecule has 1 unspecified atom stereocenters. The number of rotatable bonds is 11. The van der Waals surface area contributed by atoms with Gasteiger partial charge < -0.3 is 10.1 Å². The minimum absolute atomic E-state index is 0.0862. The van der Waals surface area contributed by atoms with E-state index < -0.39 is 21.0 Å². The number of hydrogen-bond donors (Lipinski definition) is 1. The summed E-state index contributed by atoms with van der Waals surface area (Å²) in [5.74, 6) is 0.595. The first-order chi connectivity index (χ1) is 16.8. The second-order valence-corrected chi connectivity index (χ2v) is 10.6. The number of carbonyl (C=O) groups excluding carboxylic acids is 1. The van der Waals surface area contributed by atoms with Crippen LogP contribution in [0.25, 0.3) is 6.08 Å². The second-order valence-electron chi connectivity index (χ2n) is 8.51. The van der Waals surface area contributed by atoms with Crippen molar-refractivity contribution in [2.24, 2.45) is 0 Å². The summed E-state index contributed by atoms with van der Waals surface area (Å²) in [6, 6.07) is 17.8. The average Bonchev–Trinajstić information content (AvgIpc) is 2.87. The van der Waals surface area contributed by atoms with Gasteiger partial charge in [-0.2, -0.15) is 0 Å². The van der Waals surface area contributed by atoms with E-state index in [-0.39, 0.29) is 11.4 Å². The van der Waals surface area contributed by atoms with Gasteiger partial charge in [0.2, 0.25) is 5.91 Å². The number of nitrogens with one attached hydrogen (secondary N) is 1. The third-order valence-electron chi connectivity index (χ3n) is 5.56. The van der Waals surface area contributed by atoms with Crippen molar-refractivity contribution in [3.05, 3.63) is 95.8 Å². The normalized spacial score (nSPS) is 12.6. The molecule has 0 bridgehead atoms. The third-order valence-corrected chi connectivity index (χ3v) is 7.68. The lowest BCUT2D eigenvalue weighted by molar-refractivity contribution is -0.116. The lowest BCUT2D eigenvalue weighted by atomic mass is 10.0. The maximum atomic E-state index is 13.5. The molecule has 3 aromatic rings. The van der Waals surface area contributed by atoms with Gasteiger partial charge in [-0.3, -0.25) is 9.78 Å². The molecule has 7 heteroatoms. The minimum Gasteiger partial charge on any atom is -0.493 e. The van der Waals surface area contributed by atoms with Gasteiger partial charge in [0.1, 0.15) is 11.0 Å². The van der Waals surface area contributed by atoms with Crippen molar-refractivity contribution >= 4 is 21.8 Å². The lowest BCUT2D eigenvalue weighted by Gasteiger charge is -2.19. The van der Waals surface area contributed by atoms with Gasteiger partial charge in [-0.1, -0.05) is 57.2 Å². The summed E-state index contributed by atoms with van der Waals surface area (Å²) in [4.78, 5) is 16.9. The molecule has 1 heterocycles. The molecule has 0 saturated heterocycles. The van der Waals surface area contributed by atoms with Gasteiger partial charge in [0, 0.05) is 30.6 Å². The number of para-hydroxylation sites is 1. The summed E-state index contributed by atoms with van der Waals surface area (Å²) < 4.78 is 32.8. The van der Waals surface area contributed by atoms with E-state index in [1.54, 1.807) is 36.5 Å². The van der Waals surface area contributed by atoms with E-state index in [1.165, 1.54) is 12.3 Å². The summed E-state index contributed by atoms with van der Waals surface area (Å²) in [5.41, 5.74) is 2.35. The largest absolute Gasteiger partial charge is 0.493 e. The van der Waals surface area contributed by atoms with E-state index in [4.69, 9.17) is 4.74 Å². The molecule has 184 valence electrons. The molecule has 0 aliphatic rings. The van der Waals surface area contributed by atoms with Crippen LogP contribution in [0.4, 0.5) is 0 Å². The fourth-order valence-corrected chi connectivity index (χ4v) is 5.20. The van der Waals surface area contributed by atoms with Crippen LogP contribution in [0.2, 0.25) is 0 Å². The number of amides is 1. The van der Waals surface area contributed by atoms with Crippen molar-refractivity contribution in [3.8, 4) is 5.75 Å². The number of sulfone groups is 1. The molecule has 6 nitrogen and oxygen atoms in total. The molecule has 0 radical (unpaired) electrons. The van der Waals surface area contributed by atoms with Crippen LogP contribution in [-0.4, -0.2) is 32.5 Å². The number of benzene rings is 2. The van der Waals surface area contributed by atoms with E-state index in [2.05, 4.69) is 24.1 Å².